The monoisotopic (exact) mass is 237 g/mol. The van der Waals surface area contributed by atoms with Crippen LogP contribution < -0.4 is 5.32 Å². The summed E-state index contributed by atoms with van der Waals surface area (Å²) in [6.45, 7) is 5.05. The van der Waals surface area contributed by atoms with Crippen LogP contribution in [0.5, 0.6) is 0 Å². The van der Waals surface area contributed by atoms with Crippen molar-refractivity contribution in [1.29, 1.82) is 0 Å². The van der Waals surface area contributed by atoms with Gasteiger partial charge in [0.05, 0.1) is 13.7 Å². The van der Waals surface area contributed by atoms with E-state index in [9.17, 15) is 4.79 Å². The van der Waals surface area contributed by atoms with Gasteiger partial charge in [-0.05, 0) is 44.7 Å². The van der Waals surface area contributed by atoms with Gasteiger partial charge in [-0.3, -0.25) is 0 Å². The molecule has 1 aliphatic rings. The minimum Gasteiger partial charge on any atom is -0.463 e. The fraction of sp³-hybridized carbons (Fsp3) is 0.615. The molecule has 0 aliphatic heterocycles. The first kappa shape index (κ1) is 12.2. The Bertz CT molecular complexity index is 405. The van der Waals surface area contributed by atoms with Crippen molar-refractivity contribution in [2.45, 2.75) is 38.8 Å². The Morgan fingerprint density at radius 2 is 2.24 bits per heavy atom. The van der Waals surface area contributed by atoms with Gasteiger partial charge in [0.25, 0.3) is 0 Å². The summed E-state index contributed by atoms with van der Waals surface area (Å²) >= 11 is 0. The highest BCUT2D eigenvalue weighted by Crippen LogP contribution is 2.39. The molecule has 0 atom stereocenters. The van der Waals surface area contributed by atoms with E-state index < -0.39 is 5.97 Å². The zero-order valence-electron chi connectivity index (χ0n) is 10.6. The fourth-order valence-electron chi connectivity index (χ4n) is 1.95. The minimum absolute atomic E-state index is 0.137. The van der Waals surface area contributed by atoms with E-state index >= 15 is 0 Å². The van der Waals surface area contributed by atoms with Crippen molar-refractivity contribution in [3.8, 4) is 0 Å². The molecule has 1 heterocycles. The lowest BCUT2D eigenvalue weighted by Gasteiger charge is -2.25. The number of nitrogens with one attached hydrogen (secondary N) is 1. The summed E-state index contributed by atoms with van der Waals surface area (Å²) in [6.07, 6.45) is 2.59. The lowest BCUT2D eigenvalue weighted by molar-refractivity contribution is 0.0562. The van der Waals surface area contributed by atoms with Gasteiger partial charge in [0, 0.05) is 5.54 Å². The van der Waals surface area contributed by atoms with Gasteiger partial charge in [0.15, 0.2) is 0 Å². The molecule has 0 aromatic carbocycles. The first-order valence-electron chi connectivity index (χ1n) is 5.95. The molecule has 1 fully saturated rings. The van der Waals surface area contributed by atoms with Gasteiger partial charge in [0.1, 0.15) is 5.76 Å². The van der Waals surface area contributed by atoms with Crippen LogP contribution in [-0.4, -0.2) is 18.6 Å². The zero-order chi connectivity index (χ0) is 12.5. The van der Waals surface area contributed by atoms with Crippen molar-refractivity contribution < 1.29 is 13.9 Å². The second-order valence-electron chi connectivity index (χ2n) is 5.11. The van der Waals surface area contributed by atoms with Crippen LogP contribution >= 0.6 is 0 Å². The molecule has 0 amide bonds. The number of furan rings is 1. The van der Waals surface area contributed by atoms with Gasteiger partial charge in [0.2, 0.25) is 5.76 Å². The SMILES string of the molecule is COC(=O)c1ccc(CNC(C)(C)C2CC2)o1. The van der Waals surface area contributed by atoms with Crippen LogP contribution in [0.1, 0.15) is 43.0 Å². The first-order valence-corrected chi connectivity index (χ1v) is 5.95. The second kappa shape index (κ2) is 4.53. The largest absolute Gasteiger partial charge is 0.463 e. The van der Waals surface area contributed by atoms with E-state index in [1.807, 2.05) is 6.07 Å². The molecular formula is C13H19NO3. The van der Waals surface area contributed by atoms with Crippen molar-refractivity contribution in [3.63, 3.8) is 0 Å². The molecule has 17 heavy (non-hydrogen) atoms. The average molecular weight is 237 g/mol. The normalized spacial score (nSPS) is 15.9. The van der Waals surface area contributed by atoms with Crippen LogP contribution in [-0.2, 0) is 11.3 Å². The van der Waals surface area contributed by atoms with E-state index in [0.717, 1.165) is 11.7 Å². The summed E-state index contributed by atoms with van der Waals surface area (Å²) in [4.78, 5) is 11.2. The number of hydrogen-bond acceptors (Lipinski definition) is 4. The standard InChI is InChI=1S/C13H19NO3/c1-13(2,9-4-5-9)14-8-10-6-7-11(17-10)12(15)16-3/h6-7,9,14H,4-5,8H2,1-3H3. The molecule has 1 N–H and O–H groups in total. The molecule has 94 valence electrons. The lowest BCUT2D eigenvalue weighted by Crippen LogP contribution is -2.40. The summed E-state index contributed by atoms with van der Waals surface area (Å²) in [5, 5.41) is 3.46. The summed E-state index contributed by atoms with van der Waals surface area (Å²) < 4.78 is 9.98. The van der Waals surface area contributed by atoms with Crippen LogP contribution in [0, 0.1) is 5.92 Å². The third kappa shape index (κ3) is 2.88. The molecule has 0 bridgehead atoms. The van der Waals surface area contributed by atoms with E-state index in [1.165, 1.54) is 20.0 Å². The third-order valence-electron chi connectivity index (χ3n) is 3.36. The summed E-state index contributed by atoms with van der Waals surface area (Å²) in [7, 11) is 1.35. The molecule has 2 rings (SSSR count). The van der Waals surface area contributed by atoms with Crippen molar-refractivity contribution in [3.05, 3.63) is 23.7 Å². The van der Waals surface area contributed by atoms with Gasteiger partial charge >= 0.3 is 5.97 Å². The Morgan fingerprint density at radius 1 is 1.53 bits per heavy atom. The van der Waals surface area contributed by atoms with Crippen molar-refractivity contribution in [2.75, 3.05) is 7.11 Å². The quantitative estimate of drug-likeness (QED) is 0.799. The number of carbonyl (C=O) groups excluding carboxylic acids is 1. The van der Waals surface area contributed by atoms with Gasteiger partial charge in [-0.15, -0.1) is 0 Å². The second-order valence-corrected chi connectivity index (χ2v) is 5.11. The summed E-state index contributed by atoms with van der Waals surface area (Å²) in [6, 6.07) is 3.45. The first-order chi connectivity index (χ1) is 8.03. The average Bonchev–Trinajstić information content (AvgIpc) is 3.06. The van der Waals surface area contributed by atoms with Crippen LogP contribution in [0.15, 0.2) is 16.5 Å². The highest BCUT2D eigenvalue weighted by molar-refractivity contribution is 5.86. The summed E-state index contributed by atoms with van der Waals surface area (Å²) in [5.41, 5.74) is 0.137. The van der Waals surface area contributed by atoms with E-state index in [0.29, 0.717) is 6.54 Å². The predicted molar refractivity (Wildman–Crippen MR) is 63.7 cm³/mol. The zero-order valence-corrected chi connectivity index (χ0v) is 10.6. The maximum absolute atomic E-state index is 11.2. The number of hydrogen-bond donors (Lipinski definition) is 1. The summed E-state index contributed by atoms with van der Waals surface area (Å²) in [5.74, 6) is 1.35. The Kier molecular flexibility index (Phi) is 3.24. The Hall–Kier alpha value is -1.29. The molecule has 0 saturated heterocycles. The van der Waals surface area contributed by atoms with Crippen LogP contribution in [0.2, 0.25) is 0 Å². The molecule has 0 radical (unpaired) electrons. The molecular weight excluding hydrogens is 218 g/mol. The maximum Gasteiger partial charge on any atom is 0.373 e. The van der Waals surface area contributed by atoms with Crippen LogP contribution in [0.25, 0.3) is 0 Å². The Labute approximate surface area is 101 Å². The fourth-order valence-corrected chi connectivity index (χ4v) is 1.95. The van der Waals surface area contributed by atoms with Gasteiger partial charge < -0.3 is 14.5 Å². The molecule has 1 saturated carbocycles. The van der Waals surface area contributed by atoms with E-state index in [-0.39, 0.29) is 11.3 Å². The number of esters is 1. The topological polar surface area (TPSA) is 51.5 Å². The number of methoxy groups -OCH3 is 1. The highest BCUT2D eigenvalue weighted by Gasteiger charge is 2.37. The molecule has 1 aromatic rings. The molecule has 4 heteroatoms. The molecule has 1 aliphatic carbocycles. The predicted octanol–water partition coefficient (Wildman–Crippen LogP) is 2.34. The maximum atomic E-state index is 11.2. The van der Waals surface area contributed by atoms with Crippen molar-refractivity contribution >= 4 is 5.97 Å². The third-order valence-corrected chi connectivity index (χ3v) is 3.36. The smallest absolute Gasteiger partial charge is 0.373 e. The van der Waals surface area contributed by atoms with Crippen molar-refractivity contribution in [1.82, 2.24) is 5.32 Å². The molecule has 0 unspecified atom stereocenters. The molecule has 0 spiro atoms. The van der Waals surface area contributed by atoms with E-state index in [1.54, 1.807) is 6.07 Å². The number of rotatable bonds is 5. The van der Waals surface area contributed by atoms with Crippen LogP contribution in [0.4, 0.5) is 0 Å². The molecule has 4 nitrogen and oxygen atoms in total. The van der Waals surface area contributed by atoms with E-state index in [4.69, 9.17) is 4.42 Å². The van der Waals surface area contributed by atoms with Gasteiger partial charge in [-0.25, -0.2) is 4.79 Å². The highest BCUT2D eigenvalue weighted by atomic mass is 16.5. The lowest BCUT2D eigenvalue weighted by atomic mass is 9.99. The molecule has 1 aromatic heterocycles. The Balaban J connectivity index is 1.90. The van der Waals surface area contributed by atoms with E-state index in [2.05, 4.69) is 23.9 Å². The minimum atomic E-state index is -0.433. The number of carbonyl (C=O) groups is 1. The number of ether oxygens (including phenoxy) is 1. The Morgan fingerprint density at radius 3 is 2.82 bits per heavy atom. The van der Waals surface area contributed by atoms with Crippen LogP contribution in [0.3, 0.4) is 0 Å². The van der Waals surface area contributed by atoms with Gasteiger partial charge in [-0.1, -0.05) is 0 Å². The van der Waals surface area contributed by atoms with Gasteiger partial charge in [-0.2, -0.15) is 0 Å². The van der Waals surface area contributed by atoms with Crippen molar-refractivity contribution in [2.24, 2.45) is 5.92 Å².